The zero-order valence-corrected chi connectivity index (χ0v) is 11.8. The molecule has 0 aromatic heterocycles. The van der Waals surface area contributed by atoms with Crippen LogP contribution in [0.25, 0.3) is 0 Å². The van der Waals surface area contributed by atoms with Crippen molar-refractivity contribution in [2.45, 2.75) is 58.0 Å². The largest absolute Gasteiger partial charge is 0.303 e. The van der Waals surface area contributed by atoms with Crippen LogP contribution in [0.15, 0.2) is 0 Å². The van der Waals surface area contributed by atoms with Crippen LogP contribution in [0.2, 0.25) is 0 Å². The van der Waals surface area contributed by atoms with Crippen LogP contribution in [0.3, 0.4) is 0 Å². The fourth-order valence-electron chi connectivity index (χ4n) is 2.76. The monoisotopic (exact) mass is 237 g/mol. The summed E-state index contributed by atoms with van der Waals surface area (Å²) >= 11 is 0. The third kappa shape index (κ3) is 3.97. The Kier molecular flexibility index (Phi) is 5.42. The molecule has 0 amide bonds. The Morgan fingerprint density at radius 3 is 2.76 bits per heavy atom. The summed E-state index contributed by atoms with van der Waals surface area (Å²) in [4.78, 5) is 2.61. The van der Waals surface area contributed by atoms with E-state index in [1.54, 1.807) is 0 Å². The molecule has 0 radical (unpaired) electrons. The van der Waals surface area contributed by atoms with Gasteiger partial charge in [-0.05, 0) is 58.7 Å². The SMILES string of the molecule is CNC(C)(C#N)CCCN1CCCC1C(C)C. The van der Waals surface area contributed by atoms with Crippen molar-refractivity contribution in [1.82, 2.24) is 10.2 Å². The summed E-state index contributed by atoms with van der Waals surface area (Å²) in [6, 6.07) is 3.12. The van der Waals surface area contributed by atoms with Crippen molar-refractivity contribution in [2.24, 2.45) is 5.92 Å². The average Bonchev–Trinajstić information content (AvgIpc) is 2.77. The average molecular weight is 237 g/mol. The molecule has 1 N–H and O–H groups in total. The molecule has 1 aliphatic rings. The second-order valence-corrected chi connectivity index (χ2v) is 5.79. The molecule has 3 nitrogen and oxygen atoms in total. The maximum absolute atomic E-state index is 9.09. The van der Waals surface area contributed by atoms with Crippen LogP contribution in [0.4, 0.5) is 0 Å². The van der Waals surface area contributed by atoms with E-state index in [0.717, 1.165) is 31.3 Å². The first-order valence-corrected chi connectivity index (χ1v) is 6.86. The number of hydrogen-bond acceptors (Lipinski definition) is 3. The number of nitriles is 1. The molecular formula is C14H27N3. The molecule has 1 rings (SSSR count). The third-order valence-electron chi connectivity index (χ3n) is 4.10. The van der Waals surface area contributed by atoms with Crippen LogP contribution < -0.4 is 5.32 Å². The Morgan fingerprint density at radius 2 is 2.24 bits per heavy atom. The van der Waals surface area contributed by atoms with Gasteiger partial charge in [-0.3, -0.25) is 0 Å². The summed E-state index contributed by atoms with van der Waals surface area (Å²) in [5.41, 5.74) is -0.354. The van der Waals surface area contributed by atoms with Crippen LogP contribution in [0, 0.1) is 17.2 Å². The quantitative estimate of drug-likeness (QED) is 0.771. The second-order valence-electron chi connectivity index (χ2n) is 5.79. The normalized spacial score (nSPS) is 24.8. The summed E-state index contributed by atoms with van der Waals surface area (Å²) in [5, 5.41) is 12.2. The Morgan fingerprint density at radius 1 is 1.53 bits per heavy atom. The van der Waals surface area contributed by atoms with E-state index >= 15 is 0 Å². The highest BCUT2D eigenvalue weighted by Gasteiger charge is 2.27. The molecule has 0 aliphatic carbocycles. The fourth-order valence-corrected chi connectivity index (χ4v) is 2.76. The smallest absolute Gasteiger partial charge is 0.103 e. The van der Waals surface area contributed by atoms with Crippen molar-refractivity contribution in [3.63, 3.8) is 0 Å². The molecule has 98 valence electrons. The lowest BCUT2D eigenvalue weighted by Gasteiger charge is -2.29. The molecule has 1 saturated heterocycles. The van der Waals surface area contributed by atoms with Gasteiger partial charge in [-0.1, -0.05) is 13.8 Å². The molecule has 2 atom stereocenters. The first kappa shape index (κ1) is 14.5. The van der Waals surface area contributed by atoms with Gasteiger partial charge >= 0.3 is 0 Å². The Labute approximate surface area is 106 Å². The Bertz CT molecular complexity index is 269. The van der Waals surface area contributed by atoms with E-state index in [9.17, 15) is 0 Å². The topological polar surface area (TPSA) is 39.1 Å². The molecule has 0 bridgehead atoms. The number of nitrogens with zero attached hydrogens (tertiary/aromatic N) is 2. The maximum atomic E-state index is 9.09. The van der Waals surface area contributed by atoms with Gasteiger partial charge in [-0.25, -0.2) is 0 Å². The molecule has 0 aromatic carbocycles. The molecule has 1 fully saturated rings. The maximum Gasteiger partial charge on any atom is 0.103 e. The number of rotatable bonds is 6. The van der Waals surface area contributed by atoms with E-state index in [4.69, 9.17) is 5.26 Å². The summed E-state index contributed by atoms with van der Waals surface area (Å²) in [5.74, 6) is 0.754. The zero-order chi connectivity index (χ0) is 12.9. The summed E-state index contributed by atoms with van der Waals surface area (Å²) in [7, 11) is 1.87. The summed E-state index contributed by atoms with van der Waals surface area (Å²) in [6.07, 6.45) is 4.72. The lowest BCUT2D eigenvalue weighted by molar-refractivity contribution is 0.198. The van der Waals surface area contributed by atoms with Gasteiger partial charge in [0, 0.05) is 6.04 Å². The molecule has 0 saturated carbocycles. The Hall–Kier alpha value is -0.590. The van der Waals surface area contributed by atoms with Crippen molar-refractivity contribution in [3.05, 3.63) is 0 Å². The van der Waals surface area contributed by atoms with Crippen LogP contribution in [-0.2, 0) is 0 Å². The third-order valence-corrected chi connectivity index (χ3v) is 4.10. The molecule has 17 heavy (non-hydrogen) atoms. The molecule has 2 unspecified atom stereocenters. The highest BCUT2D eigenvalue weighted by Crippen LogP contribution is 2.24. The summed E-state index contributed by atoms with van der Waals surface area (Å²) < 4.78 is 0. The van der Waals surface area contributed by atoms with Crippen molar-refractivity contribution < 1.29 is 0 Å². The van der Waals surface area contributed by atoms with Crippen LogP contribution >= 0.6 is 0 Å². The first-order valence-electron chi connectivity index (χ1n) is 6.86. The minimum atomic E-state index is -0.354. The highest BCUT2D eigenvalue weighted by atomic mass is 15.2. The van der Waals surface area contributed by atoms with E-state index in [2.05, 4.69) is 30.1 Å². The minimum absolute atomic E-state index is 0.354. The number of likely N-dealkylation sites (tertiary alicyclic amines) is 1. The molecule has 1 aliphatic heterocycles. The molecule has 3 heteroatoms. The number of nitrogens with one attached hydrogen (secondary N) is 1. The van der Waals surface area contributed by atoms with Gasteiger partial charge in [0.1, 0.15) is 5.54 Å². The second kappa shape index (κ2) is 6.37. The zero-order valence-electron chi connectivity index (χ0n) is 11.8. The first-order chi connectivity index (χ1) is 8.02. The van der Waals surface area contributed by atoms with Crippen molar-refractivity contribution in [3.8, 4) is 6.07 Å². The van der Waals surface area contributed by atoms with Gasteiger partial charge in [0.15, 0.2) is 0 Å². The van der Waals surface area contributed by atoms with E-state index < -0.39 is 0 Å². The van der Waals surface area contributed by atoms with E-state index in [0.29, 0.717) is 0 Å². The minimum Gasteiger partial charge on any atom is -0.303 e. The molecule has 1 heterocycles. The van der Waals surface area contributed by atoms with Crippen molar-refractivity contribution >= 4 is 0 Å². The van der Waals surface area contributed by atoms with Crippen molar-refractivity contribution in [1.29, 1.82) is 5.26 Å². The van der Waals surface area contributed by atoms with Gasteiger partial charge < -0.3 is 10.2 Å². The van der Waals surface area contributed by atoms with Gasteiger partial charge in [0.25, 0.3) is 0 Å². The van der Waals surface area contributed by atoms with Crippen LogP contribution in [0.5, 0.6) is 0 Å². The standard InChI is InChI=1S/C14H27N3/c1-12(2)13-7-5-9-17(13)10-6-8-14(3,11-15)16-4/h12-13,16H,5-10H2,1-4H3. The lowest BCUT2D eigenvalue weighted by atomic mass is 9.97. The van der Waals surface area contributed by atoms with Crippen LogP contribution in [-0.4, -0.2) is 36.6 Å². The van der Waals surface area contributed by atoms with E-state index in [1.165, 1.54) is 19.4 Å². The predicted octanol–water partition coefficient (Wildman–Crippen LogP) is 2.39. The summed E-state index contributed by atoms with van der Waals surface area (Å²) in [6.45, 7) is 9.00. The molecule has 0 spiro atoms. The van der Waals surface area contributed by atoms with E-state index in [-0.39, 0.29) is 5.54 Å². The van der Waals surface area contributed by atoms with Crippen molar-refractivity contribution in [2.75, 3.05) is 20.1 Å². The predicted molar refractivity (Wildman–Crippen MR) is 71.7 cm³/mol. The van der Waals surface area contributed by atoms with Gasteiger partial charge in [-0.15, -0.1) is 0 Å². The lowest BCUT2D eigenvalue weighted by Crippen LogP contribution is -2.40. The number of hydrogen-bond donors (Lipinski definition) is 1. The van der Waals surface area contributed by atoms with Gasteiger partial charge in [-0.2, -0.15) is 5.26 Å². The molecule has 0 aromatic rings. The van der Waals surface area contributed by atoms with Gasteiger partial charge in [0.2, 0.25) is 0 Å². The van der Waals surface area contributed by atoms with Gasteiger partial charge in [0.05, 0.1) is 6.07 Å². The van der Waals surface area contributed by atoms with Crippen LogP contribution in [0.1, 0.15) is 46.5 Å². The van der Waals surface area contributed by atoms with E-state index in [1.807, 2.05) is 14.0 Å². The highest BCUT2D eigenvalue weighted by molar-refractivity contribution is 5.02. The Balaban J connectivity index is 2.34. The fraction of sp³-hybridized carbons (Fsp3) is 0.929. The molecular weight excluding hydrogens is 210 g/mol.